The van der Waals surface area contributed by atoms with Crippen LogP contribution in [0.25, 0.3) is 11.4 Å². The minimum Gasteiger partial charge on any atom is -0.455 e. The molecule has 0 radical (unpaired) electrons. The van der Waals surface area contributed by atoms with E-state index >= 15 is 0 Å². The van der Waals surface area contributed by atoms with E-state index in [0.717, 1.165) is 24.2 Å². The number of H-pyrrole nitrogens is 2. The van der Waals surface area contributed by atoms with E-state index in [2.05, 4.69) is 14.7 Å². The molecule has 1 aliphatic carbocycles. The predicted octanol–water partition coefficient (Wildman–Crippen LogP) is 7.26. The van der Waals surface area contributed by atoms with Gasteiger partial charge in [0.1, 0.15) is 17.2 Å². The fourth-order valence-corrected chi connectivity index (χ4v) is 3.70. The quantitative estimate of drug-likeness (QED) is 0.296. The fourth-order valence-electron chi connectivity index (χ4n) is 3.70. The highest BCUT2D eigenvalue weighted by Gasteiger charge is 2.31. The maximum absolute atomic E-state index is 12.4. The van der Waals surface area contributed by atoms with Gasteiger partial charge in [0.25, 0.3) is 0 Å². The molecule has 1 fully saturated rings. The van der Waals surface area contributed by atoms with Crippen LogP contribution in [0.2, 0.25) is 0 Å². The van der Waals surface area contributed by atoms with Crippen molar-refractivity contribution >= 4 is 18.6 Å². The maximum atomic E-state index is 12.4. The Morgan fingerprint density at radius 1 is 0.938 bits per heavy atom. The van der Waals surface area contributed by atoms with Crippen LogP contribution in [0.1, 0.15) is 44.2 Å². The van der Waals surface area contributed by atoms with Crippen LogP contribution < -0.4 is 9.47 Å². The lowest BCUT2D eigenvalue weighted by Crippen LogP contribution is -2.16. The molecule has 2 N–H and O–H groups in total. The molecule has 1 aliphatic rings. The van der Waals surface area contributed by atoms with Crippen molar-refractivity contribution in [1.29, 1.82) is 0 Å². The van der Waals surface area contributed by atoms with Crippen LogP contribution in [0.5, 0.6) is 17.2 Å². The summed E-state index contributed by atoms with van der Waals surface area (Å²) in [7, 11) is 0. The molecule has 0 amide bonds. The standard InChI is InChI=1S/C23H24F3N3O2.ClH/c24-23(25,26)31-18-11-9-17(10-12-18)30-22-14-20(19-8-5-13-27-19)29-21(22)15-28-16-6-3-1-2-4-7-16;/h5,8-16,27,29H,1-4,6-7H2;1H. The van der Waals surface area contributed by atoms with Gasteiger partial charge in [-0.15, -0.1) is 25.6 Å². The highest BCUT2D eigenvalue weighted by atomic mass is 35.5. The molecular formula is C23H25ClF3N3O2. The minimum absolute atomic E-state index is 0. The summed E-state index contributed by atoms with van der Waals surface area (Å²) in [5.74, 6) is 0.651. The van der Waals surface area contributed by atoms with E-state index < -0.39 is 6.36 Å². The van der Waals surface area contributed by atoms with Gasteiger partial charge in [-0.3, -0.25) is 4.99 Å². The number of hydrogen-bond donors (Lipinski definition) is 2. The number of halogens is 4. The summed E-state index contributed by atoms with van der Waals surface area (Å²) in [6.07, 6.45) is 5.97. The number of hydrogen-bond acceptors (Lipinski definition) is 3. The number of alkyl halides is 3. The first kappa shape index (κ1) is 23.8. The van der Waals surface area contributed by atoms with Crippen LogP contribution in [0.4, 0.5) is 13.2 Å². The zero-order valence-electron chi connectivity index (χ0n) is 17.3. The third-order valence-electron chi connectivity index (χ3n) is 5.22. The number of nitrogens with zero attached hydrogens (tertiary/aromatic N) is 1. The summed E-state index contributed by atoms with van der Waals surface area (Å²) in [4.78, 5) is 11.2. The lowest BCUT2D eigenvalue weighted by molar-refractivity contribution is -0.274. The smallest absolute Gasteiger partial charge is 0.455 e. The fraction of sp³-hybridized carbons (Fsp3) is 0.348. The summed E-state index contributed by atoms with van der Waals surface area (Å²) in [5.41, 5.74) is 2.44. The highest BCUT2D eigenvalue weighted by Crippen LogP contribution is 2.32. The first-order chi connectivity index (χ1) is 15.0. The normalized spacial score (nSPS) is 15.3. The van der Waals surface area contributed by atoms with Crippen molar-refractivity contribution in [3.63, 3.8) is 0 Å². The second kappa shape index (κ2) is 10.6. The maximum Gasteiger partial charge on any atom is 0.573 e. The van der Waals surface area contributed by atoms with Gasteiger partial charge in [0.15, 0.2) is 5.75 Å². The van der Waals surface area contributed by atoms with E-state index in [1.807, 2.05) is 24.4 Å². The first-order valence-corrected chi connectivity index (χ1v) is 10.4. The third kappa shape index (κ3) is 6.56. The number of aromatic amines is 2. The molecule has 1 aromatic carbocycles. The Labute approximate surface area is 190 Å². The van der Waals surface area contributed by atoms with Crippen molar-refractivity contribution in [2.75, 3.05) is 0 Å². The number of benzene rings is 1. The number of ether oxygens (including phenoxy) is 2. The average molecular weight is 468 g/mol. The predicted molar refractivity (Wildman–Crippen MR) is 120 cm³/mol. The van der Waals surface area contributed by atoms with Crippen LogP contribution in [0, 0.1) is 0 Å². The summed E-state index contributed by atoms with van der Waals surface area (Å²) in [6, 6.07) is 11.3. The first-order valence-electron chi connectivity index (χ1n) is 10.4. The van der Waals surface area contributed by atoms with Gasteiger partial charge in [0.05, 0.1) is 17.4 Å². The number of nitrogens with one attached hydrogen (secondary N) is 2. The molecule has 9 heteroatoms. The van der Waals surface area contributed by atoms with Gasteiger partial charge in [-0.2, -0.15) is 0 Å². The molecule has 0 aliphatic heterocycles. The van der Waals surface area contributed by atoms with Gasteiger partial charge in [0.2, 0.25) is 0 Å². The van der Waals surface area contributed by atoms with Gasteiger partial charge in [0, 0.05) is 18.5 Å². The van der Waals surface area contributed by atoms with Crippen molar-refractivity contribution in [3.8, 4) is 28.6 Å². The Kier molecular flexibility index (Phi) is 7.90. The van der Waals surface area contributed by atoms with E-state index in [1.54, 1.807) is 6.21 Å². The monoisotopic (exact) mass is 467 g/mol. The molecule has 0 atom stereocenters. The summed E-state index contributed by atoms with van der Waals surface area (Å²) in [6.45, 7) is 0. The Balaban J connectivity index is 0.00000289. The Morgan fingerprint density at radius 2 is 1.62 bits per heavy atom. The van der Waals surface area contributed by atoms with Crippen molar-refractivity contribution < 1.29 is 22.6 Å². The van der Waals surface area contributed by atoms with E-state index in [-0.39, 0.29) is 18.2 Å². The highest BCUT2D eigenvalue weighted by molar-refractivity contribution is 5.85. The second-order valence-corrected chi connectivity index (χ2v) is 7.59. The van der Waals surface area contributed by atoms with Gasteiger partial charge in [-0.25, -0.2) is 0 Å². The molecule has 2 heterocycles. The van der Waals surface area contributed by atoms with Gasteiger partial charge >= 0.3 is 6.36 Å². The van der Waals surface area contributed by atoms with Gasteiger partial charge in [-0.1, -0.05) is 25.7 Å². The summed E-state index contributed by atoms with van der Waals surface area (Å²) in [5, 5.41) is 0. The SMILES string of the molecule is Cl.FC(F)(F)Oc1ccc(Oc2cc(-c3ccc[nH]3)[nH]c2C=NC2CCCCCC2)cc1. The topological polar surface area (TPSA) is 62.4 Å². The zero-order chi connectivity index (χ0) is 21.7. The molecule has 0 unspecified atom stereocenters. The Morgan fingerprint density at radius 3 is 2.25 bits per heavy atom. The molecule has 2 aromatic heterocycles. The van der Waals surface area contributed by atoms with Crippen molar-refractivity contribution in [2.45, 2.75) is 50.9 Å². The van der Waals surface area contributed by atoms with Crippen LogP contribution in [0.15, 0.2) is 53.7 Å². The summed E-state index contributed by atoms with van der Waals surface area (Å²) < 4.78 is 47.0. The molecule has 3 aromatic rings. The molecule has 5 nitrogen and oxygen atoms in total. The van der Waals surface area contributed by atoms with Crippen molar-refractivity contribution in [2.24, 2.45) is 4.99 Å². The zero-order valence-corrected chi connectivity index (χ0v) is 18.1. The second-order valence-electron chi connectivity index (χ2n) is 7.59. The average Bonchev–Trinajstić information content (AvgIpc) is 3.31. The number of aromatic nitrogens is 2. The molecule has 0 bridgehead atoms. The van der Waals surface area contributed by atoms with Crippen LogP contribution in [-0.4, -0.2) is 28.6 Å². The molecule has 0 spiro atoms. The minimum atomic E-state index is -4.73. The molecular weight excluding hydrogens is 443 g/mol. The van der Waals surface area contributed by atoms with E-state index in [4.69, 9.17) is 9.73 Å². The van der Waals surface area contributed by atoms with Crippen molar-refractivity contribution in [3.05, 3.63) is 54.4 Å². The molecule has 1 saturated carbocycles. The number of aliphatic imine (C=N–C) groups is 1. The van der Waals surface area contributed by atoms with Crippen LogP contribution in [0.3, 0.4) is 0 Å². The molecule has 172 valence electrons. The lowest BCUT2D eigenvalue weighted by atomic mass is 10.1. The molecule has 4 rings (SSSR count). The molecule has 0 saturated heterocycles. The largest absolute Gasteiger partial charge is 0.573 e. The Bertz CT molecular complexity index is 991. The number of rotatable bonds is 6. The van der Waals surface area contributed by atoms with Crippen LogP contribution >= 0.6 is 12.4 Å². The van der Waals surface area contributed by atoms with E-state index in [0.29, 0.717) is 23.2 Å². The van der Waals surface area contributed by atoms with Gasteiger partial charge in [-0.05, 0) is 49.2 Å². The van der Waals surface area contributed by atoms with E-state index in [9.17, 15) is 13.2 Å². The Hall–Kier alpha value is -2.87. The third-order valence-corrected chi connectivity index (χ3v) is 5.22. The van der Waals surface area contributed by atoms with E-state index in [1.165, 1.54) is 49.9 Å². The van der Waals surface area contributed by atoms with Gasteiger partial charge < -0.3 is 19.4 Å². The van der Waals surface area contributed by atoms with Crippen LogP contribution in [-0.2, 0) is 0 Å². The molecule has 32 heavy (non-hydrogen) atoms. The lowest BCUT2D eigenvalue weighted by Gasteiger charge is -2.10. The summed E-state index contributed by atoms with van der Waals surface area (Å²) >= 11 is 0. The van der Waals surface area contributed by atoms with Crippen molar-refractivity contribution in [1.82, 2.24) is 9.97 Å².